The first kappa shape index (κ1) is 31.0. The first-order valence-corrected chi connectivity index (χ1v) is 15.0. The van der Waals surface area contributed by atoms with Gasteiger partial charge in [-0.1, -0.05) is 67.4 Å². The molecule has 3 aromatic rings. The molecule has 0 saturated heterocycles. The fraction of sp³-hybridized carbons (Fsp3) is 0.333. The molecule has 2 amide bonds. The summed E-state index contributed by atoms with van der Waals surface area (Å²) in [5, 5.41) is 3.05. The summed E-state index contributed by atoms with van der Waals surface area (Å²) in [5.41, 5.74) is 1.80. The lowest BCUT2D eigenvalue weighted by molar-refractivity contribution is -0.140. The Morgan fingerprint density at radius 2 is 1.70 bits per heavy atom. The smallest absolute Gasteiger partial charge is 0.264 e. The molecule has 0 spiro atoms. The molecule has 214 valence electrons. The summed E-state index contributed by atoms with van der Waals surface area (Å²) >= 11 is 6.45. The number of nitrogens with zero attached hydrogens (tertiary/aromatic N) is 2. The molecule has 40 heavy (non-hydrogen) atoms. The highest BCUT2D eigenvalue weighted by atomic mass is 35.5. The Bertz CT molecular complexity index is 1410. The molecule has 3 rings (SSSR count). The van der Waals surface area contributed by atoms with Crippen molar-refractivity contribution in [3.8, 4) is 5.75 Å². The maximum absolute atomic E-state index is 14.1. The first-order valence-electron chi connectivity index (χ1n) is 13.2. The number of sulfonamides is 1. The maximum atomic E-state index is 14.1. The van der Waals surface area contributed by atoms with Crippen LogP contribution >= 0.6 is 11.6 Å². The summed E-state index contributed by atoms with van der Waals surface area (Å²) < 4.78 is 34.2. The topological polar surface area (TPSA) is 96.0 Å². The van der Waals surface area contributed by atoms with Gasteiger partial charge >= 0.3 is 0 Å². The molecule has 0 fully saturated rings. The normalized spacial score (nSPS) is 11.9. The van der Waals surface area contributed by atoms with Gasteiger partial charge in [-0.2, -0.15) is 0 Å². The van der Waals surface area contributed by atoms with Crippen molar-refractivity contribution in [2.45, 2.75) is 51.1 Å². The van der Waals surface area contributed by atoms with Crippen molar-refractivity contribution in [1.82, 2.24) is 10.2 Å². The van der Waals surface area contributed by atoms with E-state index >= 15 is 0 Å². The number of hydrogen-bond acceptors (Lipinski definition) is 5. The fourth-order valence-corrected chi connectivity index (χ4v) is 5.98. The third-order valence-electron chi connectivity index (χ3n) is 6.43. The van der Waals surface area contributed by atoms with Crippen LogP contribution in [0.15, 0.2) is 77.7 Å². The molecule has 0 aliphatic carbocycles. The number of anilines is 1. The molecule has 0 bridgehead atoms. The van der Waals surface area contributed by atoms with E-state index in [1.165, 1.54) is 17.0 Å². The quantitative estimate of drug-likeness (QED) is 0.298. The lowest BCUT2D eigenvalue weighted by Crippen LogP contribution is -2.52. The zero-order valence-corrected chi connectivity index (χ0v) is 24.8. The van der Waals surface area contributed by atoms with Crippen molar-refractivity contribution in [3.05, 3.63) is 88.9 Å². The number of amides is 2. The van der Waals surface area contributed by atoms with Gasteiger partial charge in [-0.05, 0) is 61.7 Å². The summed E-state index contributed by atoms with van der Waals surface area (Å²) in [6.07, 6.45) is 1.07. The lowest BCUT2D eigenvalue weighted by Gasteiger charge is -2.33. The number of ether oxygens (including phenoxy) is 1. The molecule has 0 heterocycles. The van der Waals surface area contributed by atoms with E-state index < -0.39 is 28.5 Å². The van der Waals surface area contributed by atoms with E-state index in [9.17, 15) is 18.0 Å². The van der Waals surface area contributed by atoms with E-state index in [4.69, 9.17) is 16.3 Å². The fourth-order valence-electron chi connectivity index (χ4n) is 4.26. The molecule has 0 radical (unpaired) electrons. The van der Waals surface area contributed by atoms with E-state index in [0.717, 1.165) is 21.9 Å². The second-order valence-corrected chi connectivity index (χ2v) is 11.6. The lowest BCUT2D eigenvalue weighted by atomic mass is 10.1. The van der Waals surface area contributed by atoms with Crippen LogP contribution in [0.3, 0.4) is 0 Å². The molecule has 0 saturated carbocycles. The number of nitrogens with one attached hydrogen (secondary N) is 1. The zero-order valence-electron chi connectivity index (χ0n) is 23.3. The monoisotopic (exact) mass is 585 g/mol. The van der Waals surface area contributed by atoms with Crippen LogP contribution in [-0.4, -0.2) is 51.4 Å². The number of benzene rings is 3. The van der Waals surface area contributed by atoms with Crippen molar-refractivity contribution < 1.29 is 22.7 Å². The largest absolute Gasteiger partial charge is 0.497 e. The van der Waals surface area contributed by atoms with Gasteiger partial charge in [0.2, 0.25) is 11.8 Å². The number of carbonyl (C=O) groups is 2. The number of para-hydroxylation sites is 1. The van der Waals surface area contributed by atoms with Crippen molar-refractivity contribution in [2.24, 2.45) is 0 Å². The van der Waals surface area contributed by atoms with E-state index in [1.54, 1.807) is 61.7 Å². The Balaban J connectivity index is 2.07. The molecule has 0 aliphatic heterocycles. The Kier molecular flexibility index (Phi) is 11.0. The number of carbonyl (C=O) groups excluding carboxylic acids is 2. The molecule has 10 heteroatoms. The average Bonchev–Trinajstić information content (AvgIpc) is 2.95. The van der Waals surface area contributed by atoms with Gasteiger partial charge in [-0.15, -0.1) is 0 Å². The molecular weight excluding hydrogens is 550 g/mol. The zero-order chi connectivity index (χ0) is 29.3. The minimum absolute atomic E-state index is 0.0258. The Morgan fingerprint density at radius 3 is 2.33 bits per heavy atom. The highest BCUT2D eigenvalue weighted by molar-refractivity contribution is 7.92. The first-order chi connectivity index (χ1) is 19.1. The van der Waals surface area contributed by atoms with E-state index in [-0.39, 0.29) is 28.1 Å². The molecule has 1 atom stereocenters. The van der Waals surface area contributed by atoms with Gasteiger partial charge in [-0.3, -0.25) is 13.9 Å². The molecule has 0 aliphatic rings. The standard InChI is InChI=1S/C30H36ClN3O5S/c1-5-18-32-30(36)27(6-2)33(20-23-10-9-11-24(19-23)39-4)29(35)21-34(28-13-8-7-12-26(28)31)40(37,38)25-16-14-22(3)15-17-25/h7-17,19,27H,5-6,18,20-21H2,1-4H3,(H,32,36)/t27-/m1/s1. The summed E-state index contributed by atoms with van der Waals surface area (Å²) in [7, 11) is -2.64. The average molecular weight is 586 g/mol. The second kappa shape index (κ2) is 14.2. The molecular formula is C30H36ClN3O5S. The van der Waals surface area contributed by atoms with Crippen LogP contribution in [-0.2, 0) is 26.2 Å². The Hall–Kier alpha value is -3.56. The third kappa shape index (κ3) is 7.55. The molecule has 1 N–H and O–H groups in total. The van der Waals surface area contributed by atoms with Gasteiger partial charge in [0.1, 0.15) is 18.3 Å². The summed E-state index contributed by atoms with van der Waals surface area (Å²) in [6.45, 7) is 5.60. The number of methoxy groups -OCH3 is 1. The molecule has 0 aromatic heterocycles. The van der Waals surface area contributed by atoms with Crippen LogP contribution in [0.25, 0.3) is 0 Å². The predicted molar refractivity (Wildman–Crippen MR) is 158 cm³/mol. The SMILES string of the molecule is CCCNC(=O)[C@@H](CC)N(Cc1cccc(OC)c1)C(=O)CN(c1ccccc1Cl)S(=O)(=O)c1ccc(C)cc1. The molecule has 3 aromatic carbocycles. The van der Waals surface area contributed by atoms with Gasteiger partial charge < -0.3 is 15.0 Å². The van der Waals surface area contributed by atoms with Crippen LogP contribution in [0.5, 0.6) is 5.75 Å². The van der Waals surface area contributed by atoms with E-state index in [0.29, 0.717) is 18.7 Å². The summed E-state index contributed by atoms with van der Waals surface area (Å²) in [5.74, 6) is -0.240. The third-order valence-corrected chi connectivity index (χ3v) is 8.52. The van der Waals surface area contributed by atoms with Gasteiger partial charge in [0.05, 0.1) is 22.7 Å². The van der Waals surface area contributed by atoms with E-state index in [2.05, 4.69) is 5.32 Å². The summed E-state index contributed by atoms with van der Waals surface area (Å²) in [4.78, 5) is 28.7. The highest BCUT2D eigenvalue weighted by Crippen LogP contribution is 2.31. The van der Waals surface area contributed by atoms with Gasteiger partial charge in [0.25, 0.3) is 10.0 Å². The highest BCUT2D eigenvalue weighted by Gasteiger charge is 2.34. The predicted octanol–water partition coefficient (Wildman–Crippen LogP) is 5.19. The van der Waals surface area contributed by atoms with Gasteiger partial charge in [0.15, 0.2) is 0 Å². The number of halogens is 1. The number of aryl methyl sites for hydroxylation is 1. The maximum Gasteiger partial charge on any atom is 0.264 e. The van der Waals surface area contributed by atoms with Crippen LogP contribution in [0, 0.1) is 6.92 Å². The number of rotatable bonds is 13. The Morgan fingerprint density at radius 1 is 1.00 bits per heavy atom. The van der Waals surface area contributed by atoms with Crippen molar-refractivity contribution in [1.29, 1.82) is 0 Å². The van der Waals surface area contributed by atoms with Gasteiger partial charge in [0, 0.05) is 13.1 Å². The second-order valence-electron chi connectivity index (χ2n) is 9.36. The molecule has 0 unspecified atom stereocenters. The summed E-state index contributed by atoms with van der Waals surface area (Å²) in [6, 6.07) is 19.2. The van der Waals surface area contributed by atoms with E-state index in [1.807, 2.05) is 26.8 Å². The minimum Gasteiger partial charge on any atom is -0.497 e. The van der Waals surface area contributed by atoms with Crippen molar-refractivity contribution >= 4 is 39.1 Å². The minimum atomic E-state index is -4.19. The van der Waals surface area contributed by atoms with Crippen molar-refractivity contribution in [3.63, 3.8) is 0 Å². The Labute approximate surface area is 241 Å². The van der Waals surface area contributed by atoms with Gasteiger partial charge in [-0.25, -0.2) is 8.42 Å². The van der Waals surface area contributed by atoms with Crippen LogP contribution in [0.4, 0.5) is 5.69 Å². The van der Waals surface area contributed by atoms with Crippen LogP contribution < -0.4 is 14.4 Å². The van der Waals surface area contributed by atoms with Crippen LogP contribution in [0.2, 0.25) is 5.02 Å². The number of hydrogen-bond donors (Lipinski definition) is 1. The van der Waals surface area contributed by atoms with Crippen molar-refractivity contribution in [2.75, 3.05) is 24.5 Å². The van der Waals surface area contributed by atoms with Crippen LogP contribution in [0.1, 0.15) is 37.8 Å². The molecule has 8 nitrogen and oxygen atoms in total.